The molecule has 2 rings (SSSR count). The molecular formula is C16H25ClN4O2. The van der Waals surface area contributed by atoms with Crippen LogP contribution >= 0.6 is 12.4 Å². The molecule has 1 saturated heterocycles. The Hall–Kier alpha value is -1.63. The van der Waals surface area contributed by atoms with Crippen molar-refractivity contribution in [3.8, 4) is 0 Å². The number of benzene rings is 1. The summed E-state index contributed by atoms with van der Waals surface area (Å²) in [5.74, 6) is -0.513. The van der Waals surface area contributed by atoms with E-state index in [0.29, 0.717) is 17.3 Å². The lowest BCUT2D eigenvalue weighted by molar-refractivity contribution is -0.121. The summed E-state index contributed by atoms with van der Waals surface area (Å²) >= 11 is 0. The van der Waals surface area contributed by atoms with Crippen molar-refractivity contribution < 1.29 is 9.59 Å². The number of anilines is 1. The van der Waals surface area contributed by atoms with Crippen molar-refractivity contribution in [2.45, 2.75) is 31.8 Å². The van der Waals surface area contributed by atoms with Gasteiger partial charge in [-0.05, 0) is 57.6 Å². The van der Waals surface area contributed by atoms with Crippen molar-refractivity contribution in [3.05, 3.63) is 29.8 Å². The van der Waals surface area contributed by atoms with Crippen LogP contribution in [0.15, 0.2) is 24.3 Å². The van der Waals surface area contributed by atoms with Crippen LogP contribution in [-0.2, 0) is 4.79 Å². The Labute approximate surface area is 143 Å². The van der Waals surface area contributed by atoms with Crippen LogP contribution in [0.1, 0.15) is 30.1 Å². The Morgan fingerprint density at radius 1 is 1.30 bits per heavy atom. The number of carbonyl (C=O) groups excluding carboxylic acids is 2. The summed E-state index contributed by atoms with van der Waals surface area (Å²) in [6.07, 6.45) is 2.24. The fourth-order valence-corrected chi connectivity index (χ4v) is 2.72. The van der Waals surface area contributed by atoms with Crippen LogP contribution in [0.3, 0.4) is 0 Å². The third kappa shape index (κ3) is 5.20. The number of nitrogens with zero attached hydrogens (tertiary/aromatic N) is 1. The number of hydrogen-bond donors (Lipinski definition) is 3. The largest absolute Gasteiger partial charge is 0.366 e. The van der Waals surface area contributed by atoms with Crippen LogP contribution in [0.2, 0.25) is 0 Å². The highest BCUT2D eigenvalue weighted by atomic mass is 35.5. The molecule has 1 fully saturated rings. The van der Waals surface area contributed by atoms with E-state index in [0.717, 1.165) is 25.9 Å². The van der Waals surface area contributed by atoms with E-state index in [2.05, 4.69) is 15.5 Å². The maximum atomic E-state index is 12.4. The molecule has 0 spiro atoms. The van der Waals surface area contributed by atoms with Gasteiger partial charge in [-0.2, -0.15) is 0 Å². The van der Waals surface area contributed by atoms with E-state index in [4.69, 9.17) is 5.73 Å². The molecule has 0 aromatic heterocycles. The first-order valence-electron chi connectivity index (χ1n) is 7.63. The number of piperidine rings is 1. The maximum Gasteiger partial charge on any atom is 0.248 e. The van der Waals surface area contributed by atoms with Gasteiger partial charge in [0.2, 0.25) is 11.8 Å². The van der Waals surface area contributed by atoms with Gasteiger partial charge < -0.3 is 16.4 Å². The zero-order valence-corrected chi connectivity index (χ0v) is 14.4. The molecule has 0 aliphatic carbocycles. The predicted octanol–water partition coefficient (Wildman–Crippen LogP) is 1.22. The monoisotopic (exact) mass is 340 g/mol. The van der Waals surface area contributed by atoms with Gasteiger partial charge in [0.05, 0.1) is 6.04 Å². The van der Waals surface area contributed by atoms with E-state index in [-0.39, 0.29) is 24.4 Å². The third-order valence-electron chi connectivity index (χ3n) is 4.23. The fraction of sp³-hybridized carbons (Fsp3) is 0.500. The van der Waals surface area contributed by atoms with E-state index in [1.165, 1.54) is 0 Å². The highest BCUT2D eigenvalue weighted by Crippen LogP contribution is 2.15. The predicted molar refractivity (Wildman–Crippen MR) is 94.0 cm³/mol. The molecule has 2 atom stereocenters. The Balaban J connectivity index is 0.00000264. The van der Waals surface area contributed by atoms with E-state index < -0.39 is 5.91 Å². The summed E-state index contributed by atoms with van der Waals surface area (Å²) in [5.41, 5.74) is 6.30. The van der Waals surface area contributed by atoms with Gasteiger partial charge in [0.25, 0.3) is 0 Å². The molecule has 1 aromatic rings. The molecule has 0 radical (unpaired) electrons. The highest BCUT2D eigenvalue weighted by Gasteiger charge is 2.26. The quantitative estimate of drug-likeness (QED) is 0.752. The number of likely N-dealkylation sites (N-methyl/N-ethyl adjacent to an activating group) is 1. The molecule has 23 heavy (non-hydrogen) atoms. The van der Waals surface area contributed by atoms with Crippen LogP contribution in [0.4, 0.5) is 5.69 Å². The van der Waals surface area contributed by atoms with Crippen molar-refractivity contribution >= 4 is 29.9 Å². The molecule has 2 amide bonds. The summed E-state index contributed by atoms with van der Waals surface area (Å²) in [6.45, 7) is 3.74. The third-order valence-corrected chi connectivity index (χ3v) is 4.23. The SMILES string of the molecule is CNC1CCCN(C(C)C(=O)Nc2ccc(C(N)=O)cc2)C1.Cl. The molecule has 1 aliphatic heterocycles. The van der Waals surface area contributed by atoms with E-state index in [9.17, 15) is 9.59 Å². The second-order valence-electron chi connectivity index (χ2n) is 5.73. The molecule has 128 valence electrons. The van der Waals surface area contributed by atoms with Gasteiger partial charge in [0.1, 0.15) is 0 Å². The molecular weight excluding hydrogens is 316 g/mol. The first-order chi connectivity index (χ1) is 10.5. The molecule has 1 heterocycles. The lowest BCUT2D eigenvalue weighted by Crippen LogP contribution is -2.51. The zero-order valence-electron chi connectivity index (χ0n) is 13.5. The van der Waals surface area contributed by atoms with Crippen LogP contribution in [0.5, 0.6) is 0 Å². The Kier molecular flexibility index (Phi) is 7.48. The van der Waals surface area contributed by atoms with Crippen LogP contribution in [0.25, 0.3) is 0 Å². The highest BCUT2D eigenvalue weighted by molar-refractivity contribution is 5.96. The Morgan fingerprint density at radius 2 is 1.96 bits per heavy atom. The number of hydrogen-bond acceptors (Lipinski definition) is 4. The smallest absolute Gasteiger partial charge is 0.248 e. The van der Waals surface area contributed by atoms with Gasteiger partial charge in [-0.1, -0.05) is 0 Å². The van der Waals surface area contributed by atoms with Crippen LogP contribution < -0.4 is 16.4 Å². The Bertz CT molecular complexity index is 535. The number of nitrogens with two attached hydrogens (primary N) is 1. The van der Waals surface area contributed by atoms with Gasteiger partial charge in [-0.3, -0.25) is 14.5 Å². The van der Waals surface area contributed by atoms with Crippen molar-refractivity contribution in [3.63, 3.8) is 0 Å². The van der Waals surface area contributed by atoms with Gasteiger partial charge in [-0.15, -0.1) is 12.4 Å². The van der Waals surface area contributed by atoms with Gasteiger partial charge in [0.15, 0.2) is 0 Å². The summed E-state index contributed by atoms with van der Waals surface area (Å²) in [5, 5.41) is 6.16. The van der Waals surface area contributed by atoms with Crippen molar-refractivity contribution in [1.82, 2.24) is 10.2 Å². The fourth-order valence-electron chi connectivity index (χ4n) is 2.72. The van der Waals surface area contributed by atoms with E-state index >= 15 is 0 Å². The number of likely N-dealkylation sites (tertiary alicyclic amines) is 1. The number of halogens is 1. The number of amides is 2. The zero-order chi connectivity index (χ0) is 16.1. The van der Waals surface area contributed by atoms with Gasteiger partial charge >= 0.3 is 0 Å². The van der Waals surface area contributed by atoms with Gasteiger partial charge in [-0.25, -0.2) is 0 Å². The molecule has 2 unspecified atom stereocenters. The number of rotatable bonds is 5. The first-order valence-corrected chi connectivity index (χ1v) is 7.63. The van der Waals surface area contributed by atoms with Crippen molar-refractivity contribution in [2.24, 2.45) is 5.73 Å². The van der Waals surface area contributed by atoms with Crippen molar-refractivity contribution in [2.75, 3.05) is 25.5 Å². The molecule has 0 bridgehead atoms. The lowest BCUT2D eigenvalue weighted by atomic mass is 10.0. The number of primary amides is 1. The molecule has 4 N–H and O–H groups in total. The summed E-state index contributed by atoms with van der Waals surface area (Å²) in [6, 6.07) is 6.86. The molecule has 1 aliphatic rings. The average molecular weight is 341 g/mol. The lowest BCUT2D eigenvalue weighted by Gasteiger charge is -2.35. The summed E-state index contributed by atoms with van der Waals surface area (Å²) < 4.78 is 0. The first kappa shape index (κ1) is 19.4. The van der Waals surface area contributed by atoms with Crippen LogP contribution in [0, 0.1) is 0 Å². The molecule has 0 saturated carbocycles. The second kappa shape index (κ2) is 8.86. The topological polar surface area (TPSA) is 87.5 Å². The Morgan fingerprint density at radius 3 is 2.52 bits per heavy atom. The van der Waals surface area contributed by atoms with Crippen LogP contribution in [-0.4, -0.2) is 48.9 Å². The van der Waals surface area contributed by atoms with Crippen molar-refractivity contribution in [1.29, 1.82) is 0 Å². The maximum absolute atomic E-state index is 12.4. The van der Waals surface area contributed by atoms with E-state index in [1.807, 2.05) is 14.0 Å². The normalized spacial score (nSPS) is 19.5. The average Bonchev–Trinajstić information content (AvgIpc) is 2.54. The molecule has 7 heteroatoms. The number of nitrogens with one attached hydrogen (secondary N) is 2. The summed E-state index contributed by atoms with van der Waals surface area (Å²) in [7, 11) is 1.96. The van der Waals surface area contributed by atoms with Gasteiger partial charge in [0, 0.05) is 23.8 Å². The number of carbonyl (C=O) groups is 2. The molecule has 6 nitrogen and oxygen atoms in total. The minimum atomic E-state index is -0.474. The molecule has 1 aromatic carbocycles. The minimum Gasteiger partial charge on any atom is -0.366 e. The standard InChI is InChI=1S/C16H24N4O2.ClH/c1-11(20-9-3-4-14(10-20)18-2)16(22)19-13-7-5-12(6-8-13)15(17)21;/h5-8,11,14,18H,3-4,9-10H2,1-2H3,(H2,17,21)(H,19,22);1H. The van der Waals surface area contributed by atoms with E-state index in [1.54, 1.807) is 24.3 Å². The summed E-state index contributed by atoms with van der Waals surface area (Å²) in [4.78, 5) is 25.6. The second-order valence-corrected chi connectivity index (χ2v) is 5.73. The minimum absolute atomic E-state index is 0.